The fourth-order valence-corrected chi connectivity index (χ4v) is 3.72. The molecule has 0 aliphatic rings. The summed E-state index contributed by atoms with van der Waals surface area (Å²) in [5.74, 6) is 0.463. The highest BCUT2D eigenvalue weighted by molar-refractivity contribution is 9.10. The van der Waals surface area contributed by atoms with Gasteiger partial charge in [0, 0.05) is 5.56 Å². The largest absolute Gasteiger partial charge is 0.478 e. The van der Waals surface area contributed by atoms with Crippen molar-refractivity contribution in [3.05, 3.63) is 93.2 Å². The van der Waals surface area contributed by atoms with Crippen molar-refractivity contribution in [1.82, 2.24) is 9.66 Å². The summed E-state index contributed by atoms with van der Waals surface area (Å²) in [5.41, 5.74) is 1.84. The first-order valence-electron chi connectivity index (χ1n) is 10.1. The van der Waals surface area contributed by atoms with E-state index in [2.05, 4.69) is 30.8 Å². The lowest BCUT2D eigenvalue weighted by Crippen LogP contribution is -2.25. The molecule has 0 N–H and O–H groups in total. The zero-order valence-corrected chi connectivity index (χ0v) is 19.5. The molecule has 0 spiro atoms. The highest BCUT2D eigenvalue weighted by atomic mass is 79.9. The van der Waals surface area contributed by atoms with E-state index in [4.69, 9.17) is 4.74 Å². The molecule has 1 aromatic heterocycles. The first kappa shape index (κ1) is 22.4. The molecule has 166 valence electrons. The molecule has 0 fully saturated rings. The Balaban J connectivity index is 1.72. The molecule has 0 radical (unpaired) electrons. The Labute approximate surface area is 198 Å². The number of carbonyl (C=O) groups is 1. The van der Waals surface area contributed by atoms with Gasteiger partial charge in [0.25, 0.3) is 5.56 Å². The molecule has 0 amide bonds. The van der Waals surface area contributed by atoms with Gasteiger partial charge < -0.3 is 9.47 Å². The molecule has 0 aliphatic heterocycles. The zero-order valence-electron chi connectivity index (χ0n) is 17.9. The maximum atomic E-state index is 13.2. The van der Waals surface area contributed by atoms with Gasteiger partial charge in [-0.05, 0) is 58.7 Å². The minimum absolute atomic E-state index is 0.262. The van der Waals surface area contributed by atoms with E-state index in [1.54, 1.807) is 43.5 Å². The van der Waals surface area contributed by atoms with Crippen molar-refractivity contribution in [3.63, 3.8) is 0 Å². The molecular weight excluding hydrogens is 486 g/mol. The summed E-state index contributed by atoms with van der Waals surface area (Å²) >= 11 is 3.45. The number of hydrogen-bond donors (Lipinski definition) is 0. The third kappa shape index (κ3) is 4.85. The summed E-state index contributed by atoms with van der Waals surface area (Å²) in [6, 6.07) is 21.9. The van der Waals surface area contributed by atoms with Gasteiger partial charge in [-0.2, -0.15) is 9.78 Å². The van der Waals surface area contributed by atoms with Crippen LogP contribution in [0.3, 0.4) is 0 Å². The van der Waals surface area contributed by atoms with Gasteiger partial charge in [-0.25, -0.2) is 9.78 Å². The highest BCUT2D eigenvalue weighted by Gasteiger charge is 2.16. The van der Waals surface area contributed by atoms with E-state index in [0.717, 1.165) is 11.1 Å². The van der Waals surface area contributed by atoms with Crippen LogP contribution in [0.2, 0.25) is 0 Å². The predicted octanol–water partition coefficient (Wildman–Crippen LogP) is 4.65. The van der Waals surface area contributed by atoms with E-state index in [0.29, 0.717) is 26.9 Å². The molecule has 0 saturated carbocycles. The number of methoxy groups -OCH3 is 1. The molecule has 0 saturated heterocycles. The van der Waals surface area contributed by atoms with Crippen molar-refractivity contribution < 1.29 is 14.3 Å². The number of nitrogens with zero attached hydrogens (tertiary/aromatic N) is 3. The Morgan fingerprint density at radius 2 is 1.82 bits per heavy atom. The van der Waals surface area contributed by atoms with Crippen LogP contribution >= 0.6 is 15.9 Å². The summed E-state index contributed by atoms with van der Waals surface area (Å²) in [6.45, 7) is 1.61. The second-order valence-corrected chi connectivity index (χ2v) is 8.01. The molecule has 4 aromatic rings. The van der Waals surface area contributed by atoms with Crippen molar-refractivity contribution in [2.24, 2.45) is 5.10 Å². The maximum Gasteiger partial charge on any atom is 0.346 e. The number of fused-ring (bicyclic) bond motifs is 1. The van der Waals surface area contributed by atoms with Crippen LogP contribution in [0.25, 0.3) is 22.3 Å². The average molecular weight is 506 g/mol. The molecule has 0 aliphatic carbocycles. The van der Waals surface area contributed by atoms with Crippen LogP contribution in [0.15, 0.2) is 87.2 Å². The molecule has 1 heterocycles. The van der Waals surface area contributed by atoms with Gasteiger partial charge in [-0.3, -0.25) is 4.79 Å². The van der Waals surface area contributed by atoms with Crippen LogP contribution in [-0.4, -0.2) is 35.1 Å². The van der Waals surface area contributed by atoms with Crippen molar-refractivity contribution in [3.8, 4) is 17.1 Å². The van der Waals surface area contributed by atoms with Crippen LogP contribution in [-0.2, 0) is 9.53 Å². The van der Waals surface area contributed by atoms with E-state index >= 15 is 0 Å². The van der Waals surface area contributed by atoms with Crippen LogP contribution < -0.4 is 10.3 Å². The van der Waals surface area contributed by atoms with Gasteiger partial charge in [-0.15, -0.1) is 0 Å². The second kappa shape index (κ2) is 9.79. The molecule has 3 aromatic carbocycles. The summed E-state index contributed by atoms with van der Waals surface area (Å²) < 4.78 is 12.2. The standard InChI is InChI=1S/C25H20BrN3O4/c1-16(25(31)32-2)33-22-13-12-17(14-20(22)26)15-27-29-23(18-8-4-3-5-9-18)28-21-11-7-6-10-19(21)24(29)30/h3-16H,1-2H3/t16-/m0/s1. The van der Waals surface area contributed by atoms with Crippen LogP contribution in [0.1, 0.15) is 12.5 Å². The topological polar surface area (TPSA) is 82.8 Å². The summed E-state index contributed by atoms with van der Waals surface area (Å²) in [6.07, 6.45) is 0.823. The number of aromatic nitrogens is 2. The predicted molar refractivity (Wildman–Crippen MR) is 131 cm³/mol. The van der Waals surface area contributed by atoms with E-state index in [1.165, 1.54) is 11.8 Å². The van der Waals surface area contributed by atoms with Crippen molar-refractivity contribution in [1.29, 1.82) is 0 Å². The number of ether oxygens (including phenoxy) is 2. The van der Waals surface area contributed by atoms with Crippen molar-refractivity contribution in [2.45, 2.75) is 13.0 Å². The number of halogens is 1. The Bertz CT molecular complexity index is 1400. The summed E-state index contributed by atoms with van der Waals surface area (Å²) in [7, 11) is 1.31. The molecule has 4 rings (SSSR count). The first-order chi connectivity index (χ1) is 16.0. The number of carbonyl (C=O) groups excluding carboxylic acids is 1. The fourth-order valence-electron chi connectivity index (χ4n) is 3.23. The van der Waals surface area contributed by atoms with Gasteiger partial charge in [0.1, 0.15) is 5.75 Å². The number of para-hydroxylation sites is 1. The van der Waals surface area contributed by atoms with Crippen LogP contribution in [0, 0.1) is 0 Å². The van der Waals surface area contributed by atoms with E-state index < -0.39 is 12.1 Å². The fraction of sp³-hybridized carbons (Fsp3) is 0.120. The molecule has 0 unspecified atom stereocenters. The van der Waals surface area contributed by atoms with Gasteiger partial charge in [0.2, 0.25) is 0 Å². The molecule has 1 atom stereocenters. The summed E-state index contributed by atoms with van der Waals surface area (Å²) in [5, 5.41) is 4.94. The molecule has 33 heavy (non-hydrogen) atoms. The third-order valence-electron chi connectivity index (χ3n) is 4.90. The zero-order chi connectivity index (χ0) is 23.4. The van der Waals surface area contributed by atoms with E-state index in [9.17, 15) is 9.59 Å². The smallest absolute Gasteiger partial charge is 0.346 e. The second-order valence-electron chi connectivity index (χ2n) is 7.15. The molecular formula is C25H20BrN3O4. The normalized spacial score (nSPS) is 12.1. The minimum Gasteiger partial charge on any atom is -0.478 e. The number of esters is 1. The minimum atomic E-state index is -0.749. The van der Waals surface area contributed by atoms with E-state index in [1.807, 2.05) is 42.5 Å². The summed E-state index contributed by atoms with van der Waals surface area (Å²) in [4.78, 5) is 29.5. The molecule has 7 nitrogen and oxygen atoms in total. The van der Waals surface area contributed by atoms with Gasteiger partial charge >= 0.3 is 5.97 Å². The number of rotatable bonds is 6. The molecule has 8 heteroatoms. The Kier molecular flexibility index (Phi) is 6.65. The average Bonchev–Trinajstić information content (AvgIpc) is 2.84. The lowest BCUT2D eigenvalue weighted by atomic mass is 10.2. The Morgan fingerprint density at radius 3 is 2.55 bits per heavy atom. The number of hydrogen-bond acceptors (Lipinski definition) is 6. The van der Waals surface area contributed by atoms with E-state index in [-0.39, 0.29) is 5.56 Å². The lowest BCUT2D eigenvalue weighted by molar-refractivity contribution is -0.147. The van der Waals surface area contributed by atoms with Crippen molar-refractivity contribution >= 4 is 39.0 Å². The maximum absolute atomic E-state index is 13.2. The SMILES string of the molecule is COC(=O)[C@H](C)Oc1ccc(C=Nn2c(-c3ccccc3)nc3ccccc3c2=O)cc1Br. The number of benzene rings is 3. The Hall–Kier alpha value is -3.78. The van der Waals surface area contributed by atoms with Crippen LogP contribution in [0.5, 0.6) is 5.75 Å². The Morgan fingerprint density at radius 1 is 1.09 bits per heavy atom. The van der Waals surface area contributed by atoms with Gasteiger partial charge in [0.05, 0.1) is 28.7 Å². The first-order valence-corrected chi connectivity index (χ1v) is 10.9. The van der Waals surface area contributed by atoms with Crippen LogP contribution in [0.4, 0.5) is 0 Å². The van der Waals surface area contributed by atoms with Gasteiger partial charge in [0.15, 0.2) is 11.9 Å². The highest BCUT2D eigenvalue weighted by Crippen LogP contribution is 2.27. The monoisotopic (exact) mass is 505 g/mol. The van der Waals surface area contributed by atoms with Gasteiger partial charge in [-0.1, -0.05) is 42.5 Å². The molecule has 0 bridgehead atoms. The quantitative estimate of drug-likeness (QED) is 0.281. The lowest BCUT2D eigenvalue weighted by Gasteiger charge is -2.14. The third-order valence-corrected chi connectivity index (χ3v) is 5.52. The van der Waals surface area contributed by atoms with Crippen molar-refractivity contribution in [2.75, 3.05) is 7.11 Å².